The van der Waals surface area contributed by atoms with Crippen LogP contribution in [0.4, 0.5) is 0 Å². The Balaban J connectivity index is 1.93. The number of thiazole rings is 1. The SMILES string of the molecule is Cc1ncc(C(N)Cc2nn(C)c3ccccc23)s1. The van der Waals surface area contributed by atoms with Crippen LogP contribution in [0.1, 0.15) is 21.6 Å². The molecule has 0 fully saturated rings. The number of rotatable bonds is 3. The van der Waals surface area contributed by atoms with Gasteiger partial charge in [-0.25, -0.2) is 4.98 Å². The zero-order valence-corrected chi connectivity index (χ0v) is 11.8. The minimum Gasteiger partial charge on any atom is -0.323 e. The third kappa shape index (κ3) is 2.27. The molecule has 0 radical (unpaired) electrons. The Morgan fingerprint density at radius 3 is 2.89 bits per heavy atom. The first kappa shape index (κ1) is 12.3. The number of aryl methyl sites for hydroxylation is 2. The molecule has 0 aliphatic heterocycles. The van der Waals surface area contributed by atoms with Crippen LogP contribution in [-0.2, 0) is 13.5 Å². The molecule has 0 amide bonds. The number of fused-ring (bicyclic) bond motifs is 1. The average Bonchev–Trinajstić information content (AvgIpc) is 2.96. The van der Waals surface area contributed by atoms with Gasteiger partial charge in [-0.15, -0.1) is 11.3 Å². The minimum absolute atomic E-state index is 0.0375. The van der Waals surface area contributed by atoms with Crippen molar-refractivity contribution < 1.29 is 0 Å². The summed E-state index contributed by atoms with van der Waals surface area (Å²) >= 11 is 1.66. The van der Waals surface area contributed by atoms with Crippen LogP contribution < -0.4 is 5.73 Å². The van der Waals surface area contributed by atoms with Crippen molar-refractivity contribution in [3.05, 3.63) is 46.0 Å². The number of benzene rings is 1. The highest BCUT2D eigenvalue weighted by molar-refractivity contribution is 7.11. The van der Waals surface area contributed by atoms with Gasteiger partial charge in [0.1, 0.15) is 0 Å². The molecule has 1 unspecified atom stereocenters. The average molecular weight is 272 g/mol. The van der Waals surface area contributed by atoms with Crippen LogP contribution in [0.3, 0.4) is 0 Å². The summed E-state index contributed by atoms with van der Waals surface area (Å²) in [6.45, 7) is 2.00. The Hall–Kier alpha value is -1.72. The highest BCUT2D eigenvalue weighted by atomic mass is 32.1. The molecule has 5 heteroatoms. The lowest BCUT2D eigenvalue weighted by Gasteiger charge is -2.06. The zero-order valence-electron chi connectivity index (χ0n) is 11.0. The third-order valence-corrected chi connectivity index (χ3v) is 4.30. The summed E-state index contributed by atoms with van der Waals surface area (Å²) in [5, 5.41) is 6.82. The van der Waals surface area contributed by atoms with E-state index in [4.69, 9.17) is 5.73 Å². The molecule has 0 spiro atoms. The lowest BCUT2D eigenvalue weighted by atomic mass is 10.1. The van der Waals surface area contributed by atoms with Crippen molar-refractivity contribution in [3.63, 3.8) is 0 Å². The molecule has 1 atom stereocenters. The van der Waals surface area contributed by atoms with E-state index in [0.29, 0.717) is 0 Å². The largest absolute Gasteiger partial charge is 0.323 e. The van der Waals surface area contributed by atoms with Crippen LogP contribution in [0.25, 0.3) is 10.9 Å². The Bertz CT molecular complexity index is 713. The predicted molar refractivity (Wildman–Crippen MR) is 78.2 cm³/mol. The van der Waals surface area contributed by atoms with Gasteiger partial charge in [-0.2, -0.15) is 5.10 Å². The molecule has 19 heavy (non-hydrogen) atoms. The molecule has 0 aliphatic carbocycles. The molecule has 0 bridgehead atoms. The van der Waals surface area contributed by atoms with E-state index in [1.807, 2.05) is 37.0 Å². The van der Waals surface area contributed by atoms with Gasteiger partial charge in [0.2, 0.25) is 0 Å². The molecule has 3 rings (SSSR count). The van der Waals surface area contributed by atoms with Gasteiger partial charge in [-0.3, -0.25) is 4.68 Å². The Kier molecular flexibility index (Phi) is 3.08. The van der Waals surface area contributed by atoms with Crippen molar-refractivity contribution in [2.45, 2.75) is 19.4 Å². The second-order valence-electron chi connectivity index (χ2n) is 4.68. The number of nitrogens with zero attached hydrogens (tertiary/aromatic N) is 3. The number of aromatic nitrogens is 3. The van der Waals surface area contributed by atoms with Gasteiger partial charge in [-0.1, -0.05) is 18.2 Å². The smallest absolute Gasteiger partial charge is 0.0897 e. The van der Waals surface area contributed by atoms with Crippen molar-refractivity contribution in [2.75, 3.05) is 0 Å². The van der Waals surface area contributed by atoms with E-state index in [1.165, 1.54) is 5.39 Å². The molecule has 2 aromatic heterocycles. The highest BCUT2D eigenvalue weighted by Crippen LogP contribution is 2.25. The van der Waals surface area contributed by atoms with Crippen LogP contribution in [0.15, 0.2) is 30.5 Å². The summed E-state index contributed by atoms with van der Waals surface area (Å²) < 4.78 is 1.91. The van der Waals surface area contributed by atoms with E-state index in [-0.39, 0.29) is 6.04 Å². The van der Waals surface area contributed by atoms with Gasteiger partial charge in [-0.05, 0) is 13.0 Å². The Labute approximate surface area is 115 Å². The van der Waals surface area contributed by atoms with E-state index in [0.717, 1.165) is 27.5 Å². The van der Waals surface area contributed by atoms with E-state index in [1.54, 1.807) is 11.3 Å². The molecule has 4 nitrogen and oxygen atoms in total. The third-order valence-electron chi connectivity index (χ3n) is 3.25. The predicted octanol–water partition coefficient (Wildman–Crippen LogP) is 2.58. The van der Waals surface area contributed by atoms with Gasteiger partial charge in [0, 0.05) is 36.0 Å². The Morgan fingerprint density at radius 2 is 2.16 bits per heavy atom. The molecule has 0 saturated heterocycles. The topological polar surface area (TPSA) is 56.7 Å². The van der Waals surface area contributed by atoms with E-state index < -0.39 is 0 Å². The molecule has 2 heterocycles. The van der Waals surface area contributed by atoms with Crippen LogP contribution >= 0.6 is 11.3 Å². The van der Waals surface area contributed by atoms with E-state index in [2.05, 4.69) is 22.2 Å². The fourth-order valence-electron chi connectivity index (χ4n) is 2.30. The summed E-state index contributed by atoms with van der Waals surface area (Å²) in [5.41, 5.74) is 8.46. The number of para-hydroxylation sites is 1. The molecular weight excluding hydrogens is 256 g/mol. The van der Waals surface area contributed by atoms with Gasteiger partial charge in [0.25, 0.3) is 0 Å². The first-order chi connectivity index (χ1) is 9.15. The monoisotopic (exact) mass is 272 g/mol. The fourth-order valence-corrected chi connectivity index (χ4v) is 3.08. The lowest BCUT2D eigenvalue weighted by molar-refractivity contribution is 0.690. The van der Waals surface area contributed by atoms with Crippen molar-refractivity contribution in [1.29, 1.82) is 0 Å². The van der Waals surface area contributed by atoms with E-state index in [9.17, 15) is 0 Å². The summed E-state index contributed by atoms with van der Waals surface area (Å²) in [6, 6.07) is 8.21. The fraction of sp³-hybridized carbons (Fsp3) is 0.286. The maximum Gasteiger partial charge on any atom is 0.0897 e. The molecule has 1 aromatic carbocycles. The first-order valence-corrected chi connectivity index (χ1v) is 7.05. The number of hydrogen-bond donors (Lipinski definition) is 1. The summed E-state index contributed by atoms with van der Waals surface area (Å²) in [5.74, 6) is 0. The molecule has 0 saturated carbocycles. The van der Waals surface area contributed by atoms with Crippen LogP contribution in [0, 0.1) is 6.92 Å². The highest BCUT2D eigenvalue weighted by Gasteiger charge is 2.15. The van der Waals surface area contributed by atoms with Crippen LogP contribution in [0.5, 0.6) is 0 Å². The second kappa shape index (κ2) is 4.75. The zero-order chi connectivity index (χ0) is 13.4. The molecule has 98 valence electrons. The molecule has 2 N–H and O–H groups in total. The van der Waals surface area contributed by atoms with Crippen molar-refractivity contribution in [2.24, 2.45) is 12.8 Å². The minimum atomic E-state index is -0.0375. The van der Waals surface area contributed by atoms with Gasteiger partial charge in [0.15, 0.2) is 0 Å². The summed E-state index contributed by atoms with van der Waals surface area (Å²) in [7, 11) is 1.97. The van der Waals surface area contributed by atoms with Crippen molar-refractivity contribution in [1.82, 2.24) is 14.8 Å². The molecular formula is C14H16N4S. The summed E-state index contributed by atoms with van der Waals surface area (Å²) in [4.78, 5) is 5.38. The Morgan fingerprint density at radius 1 is 1.37 bits per heavy atom. The van der Waals surface area contributed by atoms with Gasteiger partial charge >= 0.3 is 0 Å². The van der Waals surface area contributed by atoms with Gasteiger partial charge in [0.05, 0.1) is 16.2 Å². The van der Waals surface area contributed by atoms with Crippen LogP contribution in [-0.4, -0.2) is 14.8 Å². The summed E-state index contributed by atoms with van der Waals surface area (Å²) in [6.07, 6.45) is 2.61. The number of nitrogens with two attached hydrogens (primary N) is 1. The lowest BCUT2D eigenvalue weighted by Crippen LogP contribution is -2.12. The van der Waals surface area contributed by atoms with Gasteiger partial charge < -0.3 is 5.73 Å². The van der Waals surface area contributed by atoms with Crippen molar-refractivity contribution in [3.8, 4) is 0 Å². The number of hydrogen-bond acceptors (Lipinski definition) is 4. The van der Waals surface area contributed by atoms with Crippen LogP contribution in [0.2, 0.25) is 0 Å². The van der Waals surface area contributed by atoms with E-state index >= 15 is 0 Å². The molecule has 3 aromatic rings. The van der Waals surface area contributed by atoms with Crippen molar-refractivity contribution >= 4 is 22.2 Å². The first-order valence-electron chi connectivity index (χ1n) is 6.23. The molecule has 0 aliphatic rings. The normalized spacial score (nSPS) is 13.0. The maximum atomic E-state index is 6.26. The maximum absolute atomic E-state index is 6.26. The standard InChI is InChI=1S/C14H16N4S/c1-9-16-8-14(19-9)11(15)7-12-10-5-3-4-6-13(10)18(2)17-12/h3-6,8,11H,7,15H2,1-2H3. The second-order valence-corrected chi connectivity index (χ2v) is 5.95. The quantitative estimate of drug-likeness (QED) is 0.797.